The minimum atomic E-state index is -3.73. The maximum Gasteiger partial charge on any atom is 0.263 e. The molecule has 0 aromatic heterocycles. The first-order valence-corrected chi connectivity index (χ1v) is 11.6. The Morgan fingerprint density at radius 3 is 2.61 bits per heavy atom. The van der Waals surface area contributed by atoms with E-state index in [1.54, 1.807) is 42.5 Å². The van der Waals surface area contributed by atoms with Crippen LogP contribution in [0.4, 0.5) is 5.69 Å². The highest BCUT2D eigenvalue weighted by Crippen LogP contribution is 2.32. The number of nitrogens with one attached hydrogen (secondary N) is 1. The fourth-order valence-corrected chi connectivity index (χ4v) is 4.30. The Balaban J connectivity index is 1.74. The first-order chi connectivity index (χ1) is 14.8. The number of hydrogen-bond donors (Lipinski definition) is 1. The van der Waals surface area contributed by atoms with Crippen molar-refractivity contribution < 1.29 is 27.4 Å². The first-order valence-electron chi connectivity index (χ1n) is 9.75. The maximum atomic E-state index is 12.6. The molecule has 0 spiro atoms. The quantitative estimate of drug-likeness (QED) is 0.491. The van der Waals surface area contributed by atoms with Crippen molar-refractivity contribution in [3.63, 3.8) is 0 Å². The molecule has 9 nitrogen and oxygen atoms in total. The van der Waals surface area contributed by atoms with Gasteiger partial charge in [0.2, 0.25) is 10.0 Å². The summed E-state index contributed by atoms with van der Waals surface area (Å²) >= 11 is 0. The highest BCUT2D eigenvalue weighted by molar-refractivity contribution is 7.92. The van der Waals surface area contributed by atoms with E-state index in [0.29, 0.717) is 48.3 Å². The number of anilines is 1. The van der Waals surface area contributed by atoms with E-state index in [1.165, 1.54) is 13.1 Å². The Labute approximate surface area is 181 Å². The lowest BCUT2D eigenvalue weighted by atomic mass is 10.2. The normalized spacial score (nSPS) is 14.2. The van der Waals surface area contributed by atoms with E-state index in [2.05, 4.69) is 10.5 Å². The third-order valence-corrected chi connectivity index (χ3v) is 5.71. The lowest BCUT2D eigenvalue weighted by Gasteiger charge is -2.27. The van der Waals surface area contributed by atoms with Gasteiger partial charge < -0.3 is 14.2 Å². The molecule has 1 aliphatic heterocycles. The number of para-hydroxylation sites is 1. The van der Waals surface area contributed by atoms with E-state index in [0.717, 1.165) is 10.6 Å². The summed E-state index contributed by atoms with van der Waals surface area (Å²) in [5.74, 6) is 1.18. The van der Waals surface area contributed by atoms with Gasteiger partial charge >= 0.3 is 0 Å². The van der Waals surface area contributed by atoms with Gasteiger partial charge in [-0.1, -0.05) is 6.07 Å². The Bertz CT molecular complexity index is 1050. The summed E-state index contributed by atoms with van der Waals surface area (Å²) in [4.78, 5) is 12.6. The second-order valence-corrected chi connectivity index (χ2v) is 8.63. The Morgan fingerprint density at radius 2 is 1.94 bits per heavy atom. The molecule has 1 amide bonds. The molecule has 1 aliphatic rings. The molecule has 0 saturated heterocycles. The zero-order valence-corrected chi connectivity index (χ0v) is 18.4. The summed E-state index contributed by atoms with van der Waals surface area (Å²) < 4.78 is 42.3. The molecule has 31 heavy (non-hydrogen) atoms. The Morgan fingerprint density at radius 1 is 1.23 bits per heavy atom. The van der Waals surface area contributed by atoms with Crippen LogP contribution in [-0.4, -0.2) is 52.7 Å². The molecule has 0 fully saturated rings. The van der Waals surface area contributed by atoms with Crippen molar-refractivity contribution in [1.82, 2.24) is 5.43 Å². The van der Waals surface area contributed by atoms with Crippen LogP contribution < -0.4 is 23.9 Å². The minimum absolute atomic E-state index is 0.347. The number of fused-ring (bicyclic) bond motifs is 1. The summed E-state index contributed by atoms with van der Waals surface area (Å²) in [5.41, 5.74) is 3.38. The summed E-state index contributed by atoms with van der Waals surface area (Å²) in [6.45, 7) is 4.73. The van der Waals surface area contributed by atoms with Gasteiger partial charge in [-0.2, -0.15) is 5.10 Å². The lowest BCUT2D eigenvalue weighted by molar-refractivity contribution is -0.121. The van der Waals surface area contributed by atoms with Crippen LogP contribution in [0.2, 0.25) is 0 Å². The van der Waals surface area contributed by atoms with Crippen LogP contribution >= 0.6 is 0 Å². The van der Waals surface area contributed by atoms with E-state index >= 15 is 0 Å². The minimum Gasteiger partial charge on any atom is -0.494 e. The summed E-state index contributed by atoms with van der Waals surface area (Å²) in [6, 6.07) is 10.8. The van der Waals surface area contributed by atoms with Gasteiger partial charge in [-0.15, -0.1) is 0 Å². The van der Waals surface area contributed by atoms with Crippen LogP contribution in [0, 0.1) is 0 Å². The number of benzene rings is 2. The van der Waals surface area contributed by atoms with Gasteiger partial charge in [0, 0.05) is 5.56 Å². The number of rotatable bonds is 8. The zero-order valence-electron chi connectivity index (χ0n) is 17.6. The van der Waals surface area contributed by atoms with Crippen molar-refractivity contribution in [2.75, 3.05) is 30.4 Å². The van der Waals surface area contributed by atoms with E-state index < -0.39 is 22.0 Å². The van der Waals surface area contributed by atoms with Crippen molar-refractivity contribution in [2.24, 2.45) is 5.10 Å². The van der Waals surface area contributed by atoms with Crippen molar-refractivity contribution in [1.29, 1.82) is 0 Å². The fourth-order valence-electron chi connectivity index (χ4n) is 3.12. The summed E-state index contributed by atoms with van der Waals surface area (Å²) in [6.07, 6.45) is 2.48. The largest absolute Gasteiger partial charge is 0.494 e. The standard InChI is InChI=1S/C21H25N3O6S/c1-4-28-18-10-8-17(9-11-18)24(31(3,26)27)15(2)21(25)23-22-14-16-6-5-7-19-20(16)30-13-12-29-19/h5-11,14-15H,4,12-13H2,1-3H3,(H,23,25)/b22-14-/t15-/m0/s1. The van der Waals surface area contributed by atoms with Gasteiger partial charge in [0.1, 0.15) is 25.0 Å². The number of amides is 1. The van der Waals surface area contributed by atoms with Crippen molar-refractivity contribution >= 4 is 27.8 Å². The second-order valence-electron chi connectivity index (χ2n) is 6.77. The summed E-state index contributed by atoms with van der Waals surface area (Å²) in [7, 11) is -3.73. The number of carbonyl (C=O) groups is 1. The molecule has 2 aromatic rings. The van der Waals surface area contributed by atoms with Crippen LogP contribution in [0.3, 0.4) is 0 Å². The van der Waals surface area contributed by atoms with Gasteiger partial charge in [0.05, 0.1) is 24.8 Å². The average Bonchev–Trinajstić information content (AvgIpc) is 2.74. The second kappa shape index (κ2) is 9.69. The number of hydrogen-bond acceptors (Lipinski definition) is 7. The van der Waals surface area contributed by atoms with Crippen molar-refractivity contribution in [3.05, 3.63) is 48.0 Å². The van der Waals surface area contributed by atoms with Crippen molar-refractivity contribution in [3.8, 4) is 17.2 Å². The molecular formula is C21H25N3O6S. The van der Waals surface area contributed by atoms with Crippen LogP contribution in [0.25, 0.3) is 0 Å². The molecule has 0 aliphatic carbocycles. The number of carbonyl (C=O) groups excluding carboxylic acids is 1. The van der Waals surface area contributed by atoms with Crippen molar-refractivity contribution in [2.45, 2.75) is 19.9 Å². The third kappa shape index (κ3) is 5.46. The summed E-state index contributed by atoms with van der Waals surface area (Å²) in [5, 5.41) is 3.97. The van der Waals surface area contributed by atoms with Crippen LogP contribution in [0.15, 0.2) is 47.6 Å². The van der Waals surface area contributed by atoms with Gasteiger partial charge in [0.25, 0.3) is 5.91 Å². The molecule has 1 heterocycles. The van der Waals surface area contributed by atoms with Gasteiger partial charge in [0.15, 0.2) is 11.5 Å². The zero-order chi connectivity index (χ0) is 22.4. The molecule has 0 saturated carbocycles. The molecule has 166 valence electrons. The van der Waals surface area contributed by atoms with Crippen LogP contribution in [0.1, 0.15) is 19.4 Å². The number of sulfonamides is 1. The highest BCUT2D eigenvalue weighted by Gasteiger charge is 2.29. The molecular weight excluding hydrogens is 422 g/mol. The van der Waals surface area contributed by atoms with E-state index in [1.807, 2.05) is 6.92 Å². The number of ether oxygens (including phenoxy) is 3. The van der Waals surface area contributed by atoms with Gasteiger partial charge in [-0.3, -0.25) is 9.10 Å². The third-order valence-electron chi connectivity index (χ3n) is 4.47. The fraction of sp³-hybridized carbons (Fsp3) is 0.333. The van der Waals surface area contributed by atoms with E-state index in [9.17, 15) is 13.2 Å². The highest BCUT2D eigenvalue weighted by atomic mass is 32.2. The molecule has 0 unspecified atom stereocenters. The predicted molar refractivity (Wildman–Crippen MR) is 118 cm³/mol. The molecule has 0 bridgehead atoms. The Hall–Kier alpha value is -3.27. The predicted octanol–water partition coefficient (Wildman–Crippen LogP) is 2.16. The molecule has 10 heteroatoms. The Kier molecular flexibility index (Phi) is 7.01. The van der Waals surface area contributed by atoms with E-state index in [4.69, 9.17) is 14.2 Å². The number of hydrazone groups is 1. The van der Waals surface area contributed by atoms with E-state index in [-0.39, 0.29) is 0 Å². The first kappa shape index (κ1) is 22.4. The lowest BCUT2D eigenvalue weighted by Crippen LogP contribution is -2.46. The van der Waals surface area contributed by atoms with Crippen LogP contribution in [0.5, 0.6) is 17.2 Å². The van der Waals surface area contributed by atoms with Gasteiger partial charge in [-0.25, -0.2) is 13.8 Å². The monoisotopic (exact) mass is 447 g/mol. The number of nitrogens with zero attached hydrogens (tertiary/aromatic N) is 2. The smallest absolute Gasteiger partial charge is 0.263 e. The molecule has 2 aromatic carbocycles. The average molecular weight is 448 g/mol. The van der Waals surface area contributed by atoms with Crippen LogP contribution in [-0.2, 0) is 14.8 Å². The van der Waals surface area contributed by atoms with Gasteiger partial charge in [-0.05, 0) is 50.2 Å². The molecule has 1 atom stereocenters. The topological polar surface area (TPSA) is 107 Å². The maximum absolute atomic E-state index is 12.6. The SMILES string of the molecule is CCOc1ccc(N([C@@H](C)C(=O)N/N=C\c2cccc3c2OCCO3)S(C)(=O)=O)cc1. The molecule has 3 rings (SSSR count). The molecule has 0 radical (unpaired) electrons. The molecule has 1 N–H and O–H groups in total.